The minimum Gasteiger partial charge on any atom is -0.356 e. The Hall–Kier alpha value is -2.04. The molecule has 2 aromatic heterocycles. The van der Waals surface area contributed by atoms with Crippen molar-refractivity contribution in [2.75, 3.05) is 18.0 Å². The maximum Gasteiger partial charge on any atom is 0.133 e. The zero-order valence-electron chi connectivity index (χ0n) is 11.2. The number of aryl methyl sites for hydroxylation is 2. The van der Waals surface area contributed by atoms with E-state index >= 15 is 0 Å². The summed E-state index contributed by atoms with van der Waals surface area (Å²) in [5, 5.41) is 0. The van der Waals surface area contributed by atoms with Crippen LogP contribution in [-0.2, 0) is 0 Å². The van der Waals surface area contributed by atoms with Gasteiger partial charge in [-0.2, -0.15) is 0 Å². The van der Waals surface area contributed by atoms with Crippen LogP contribution >= 0.6 is 0 Å². The van der Waals surface area contributed by atoms with Gasteiger partial charge in [-0.1, -0.05) is 0 Å². The van der Waals surface area contributed by atoms with E-state index in [0.29, 0.717) is 5.92 Å². The maximum absolute atomic E-state index is 4.53. The van der Waals surface area contributed by atoms with Gasteiger partial charge in [-0.05, 0) is 26.3 Å². The summed E-state index contributed by atoms with van der Waals surface area (Å²) >= 11 is 0. The first kappa shape index (κ1) is 12.0. The highest BCUT2D eigenvalue weighted by atomic mass is 15.2. The van der Waals surface area contributed by atoms with E-state index in [1.807, 2.05) is 32.2 Å². The Bertz CT molecular complexity index is 532. The summed E-state index contributed by atoms with van der Waals surface area (Å²) in [6.45, 7) is 5.92. The van der Waals surface area contributed by atoms with Crippen LogP contribution in [0.25, 0.3) is 0 Å². The lowest BCUT2D eigenvalue weighted by atomic mass is 10.1. The third-order valence-electron chi connectivity index (χ3n) is 3.48. The molecule has 0 spiro atoms. The average molecular weight is 255 g/mol. The van der Waals surface area contributed by atoms with Gasteiger partial charge in [-0.25, -0.2) is 19.9 Å². The Labute approximate surface area is 112 Å². The smallest absolute Gasteiger partial charge is 0.133 e. The van der Waals surface area contributed by atoms with E-state index in [9.17, 15) is 0 Å². The third-order valence-corrected chi connectivity index (χ3v) is 3.48. The molecule has 2 aromatic rings. The van der Waals surface area contributed by atoms with E-state index in [4.69, 9.17) is 0 Å². The van der Waals surface area contributed by atoms with E-state index in [1.165, 1.54) is 0 Å². The predicted octanol–water partition coefficient (Wildman–Crippen LogP) is 1.88. The van der Waals surface area contributed by atoms with Crippen molar-refractivity contribution in [2.45, 2.75) is 26.2 Å². The first-order valence-corrected chi connectivity index (χ1v) is 6.55. The number of hydrogen-bond donors (Lipinski definition) is 0. The summed E-state index contributed by atoms with van der Waals surface area (Å²) in [5.41, 5.74) is 2.03. The molecule has 0 aromatic carbocycles. The monoisotopic (exact) mass is 255 g/mol. The quantitative estimate of drug-likeness (QED) is 0.820. The van der Waals surface area contributed by atoms with Gasteiger partial charge in [-0.15, -0.1) is 0 Å². The summed E-state index contributed by atoms with van der Waals surface area (Å²) in [7, 11) is 0. The fraction of sp³-hybridized carbons (Fsp3) is 0.429. The lowest BCUT2D eigenvalue weighted by Gasteiger charge is -2.17. The molecule has 3 heterocycles. The van der Waals surface area contributed by atoms with Gasteiger partial charge in [0.2, 0.25) is 0 Å². The minimum absolute atomic E-state index is 0.398. The van der Waals surface area contributed by atoms with Crippen LogP contribution in [0.5, 0.6) is 0 Å². The molecular formula is C14H17N5. The molecule has 1 atom stereocenters. The van der Waals surface area contributed by atoms with Crippen LogP contribution in [0, 0.1) is 13.8 Å². The molecule has 0 N–H and O–H groups in total. The van der Waals surface area contributed by atoms with Crippen LogP contribution in [0.2, 0.25) is 0 Å². The second-order valence-electron chi connectivity index (χ2n) is 5.01. The lowest BCUT2D eigenvalue weighted by molar-refractivity contribution is 0.703. The van der Waals surface area contributed by atoms with Gasteiger partial charge in [0.1, 0.15) is 18.0 Å². The molecule has 19 heavy (non-hydrogen) atoms. The van der Waals surface area contributed by atoms with Gasteiger partial charge < -0.3 is 4.90 Å². The zero-order chi connectivity index (χ0) is 13.2. The summed E-state index contributed by atoms with van der Waals surface area (Å²) in [5.74, 6) is 2.35. The normalized spacial score (nSPS) is 18.8. The Balaban J connectivity index is 1.77. The largest absolute Gasteiger partial charge is 0.356 e. The molecule has 0 saturated carbocycles. The first-order chi connectivity index (χ1) is 9.22. The van der Waals surface area contributed by atoms with Gasteiger partial charge >= 0.3 is 0 Å². The number of anilines is 1. The highest BCUT2D eigenvalue weighted by molar-refractivity contribution is 5.40. The molecule has 0 aliphatic carbocycles. The van der Waals surface area contributed by atoms with Crippen LogP contribution < -0.4 is 4.90 Å². The summed E-state index contributed by atoms with van der Waals surface area (Å²) in [6, 6.07) is 3.96. The van der Waals surface area contributed by atoms with E-state index in [1.54, 1.807) is 6.33 Å². The topological polar surface area (TPSA) is 54.8 Å². The van der Waals surface area contributed by atoms with Crippen molar-refractivity contribution >= 4 is 5.82 Å². The molecule has 98 valence electrons. The third kappa shape index (κ3) is 2.54. The number of rotatable bonds is 2. The molecule has 5 nitrogen and oxygen atoms in total. The highest BCUT2D eigenvalue weighted by Crippen LogP contribution is 2.27. The van der Waals surface area contributed by atoms with Gasteiger partial charge in [0.05, 0.1) is 0 Å². The van der Waals surface area contributed by atoms with Crippen LogP contribution in [0.3, 0.4) is 0 Å². The Kier molecular flexibility index (Phi) is 3.11. The standard InChI is InChI=1S/C14H17N5/c1-10-3-5-15-14(18-10)12-4-6-19(8-12)13-7-11(2)16-9-17-13/h3,5,7,9,12H,4,6,8H2,1-2H3/t12-/m1/s1. The summed E-state index contributed by atoms with van der Waals surface area (Å²) in [6.07, 6.45) is 4.54. The van der Waals surface area contributed by atoms with Crippen molar-refractivity contribution in [3.63, 3.8) is 0 Å². The molecule has 0 bridgehead atoms. The summed E-state index contributed by atoms with van der Waals surface area (Å²) in [4.78, 5) is 19.7. The van der Waals surface area contributed by atoms with Gasteiger partial charge in [0, 0.05) is 42.7 Å². The molecule has 5 heteroatoms. The first-order valence-electron chi connectivity index (χ1n) is 6.55. The van der Waals surface area contributed by atoms with Gasteiger partial charge in [0.15, 0.2) is 0 Å². The van der Waals surface area contributed by atoms with Crippen LogP contribution in [0.1, 0.15) is 29.6 Å². The number of nitrogens with zero attached hydrogens (tertiary/aromatic N) is 5. The van der Waals surface area contributed by atoms with E-state index in [2.05, 4.69) is 24.8 Å². The molecule has 0 radical (unpaired) electrons. The fourth-order valence-electron chi connectivity index (χ4n) is 2.46. The second-order valence-corrected chi connectivity index (χ2v) is 5.01. The molecule has 0 amide bonds. The maximum atomic E-state index is 4.53. The Morgan fingerprint density at radius 3 is 2.84 bits per heavy atom. The van der Waals surface area contributed by atoms with Crippen molar-refractivity contribution in [3.8, 4) is 0 Å². The van der Waals surface area contributed by atoms with Crippen LogP contribution in [-0.4, -0.2) is 33.0 Å². The van der Waals surface area contributed by atoms with Crippen molar-refractivity contribution in [1.29, 1.82) is 0 Å². The molecule has 1 aliphatic rings. The van der Waals surface area contributed by atoms with Gasteiger partial charge in [-0.3, -0.25) is 0 Å². The van der Waals surface area contributed by atoms with E-state index in [-0.39, 0.29) is 0 Å². The van der Waals surface area contributed by atoms with Crippen LogP contribution in [0.4, 0.5) is 5.82 Å². The van der Waals surface area contributed by atoms with Crippen molar-refractivity contribution in [3.05, 3.63) is 41.9 Å². The molecule has 1 aliphatic heterocycles. The Morgan fingerprint density at radius 1 is 1.16 bits per heavy atom. The number of hydrogen-bond acceptors (Lipinski definition) is 5. The minimum atomic E-state index is 0.398. The van der Waals surface area contributed by atoms with E-state index in [0.717, 1.165) is 42.5 Å². The van der Waals surface area contributed by atoms with Gasteiger partial charge in [0.25, 0.3) is 0 Å². The Morgan fingerprint density at radius 2 is 2.05 bits per heavy atom. The molecule has 0 unspecified atom stereocenters. The second kappa shape index (κ2) is 4.91. The van der Waals surface area contributed by atoms with Crippen LogP contribution in [0.15, 0.2) is 24.7 Å². The molecule has 1 fully saturated rings. The van der Waals surface area contributed by atoms with Crippen molar-refractivity contribution < 1.29 is 0 Å². The summed E-state index contributed by atoms with van der Waals surface area (Å²) < 4.78 is 0. The zero-order valence-corrected chi connectivity index (χ0v) is 11.2. The van der Waals surface area contributed by atoms with Crippen molar-refractivity contribution in [1.82, 2.24) is 19.9 Å². The van der Waals surface area contributed by atoms with Crippen molar-refractivity contribution in [2.24, 2.45) is 0 Å². The fourth-order valence-corrected chi connectivity index (χ4v) is 2.46. The average Bonchev–Trinajstić information content (AvgIpc) is 2.88. The number of aromatic nitrogens is 4. The lowest BCUT2D eigenvalue weighted by Crippen LogP contribution is -2.21. The molecule has 3 rings (SSSR count). The highest BCUT2D eigenvalue weighted by Gasteiger charge is 2.26. The predicted molar refractivity (Wildman–Crippen MR) is 73.1 cm³/mol. The van der Waals surface area contributed by atoms with E-state index < -0.39 is 0 Å². The molecular weight excluding hydrogens is 238 g/mol. The molecule has 1 saturated heterocycles. The SMILES string of the molecule is Cc1cc(N2CC[C@@H](c3nccc(C)n3)C2)ncn1.